The summed E-state index contributed by atoms with van der Waals surface area (Å²) in [5.41, 5.74) is 4.75. The summed E-state index contributed by atoms with van der Waals surface area (Å²) < 4.78 is 18.0. The molecule has 154 valence electrons. The lowest BCUT2D eigenvalue weighted by molar-refractivity contribution is -0.0641. The largest absolute Gasteiger partial charge is 0.493 e. The number of fused-ring (bicyclic) bond motifs is 2. The van der Waals surface area contributed by atoms with Gasteiger partial charge in [-0.1, -0.05) is 11.6 Å². The molecule has 5 aliphatic heterocycles. The molecule has 5 heterocycles. The van der Waals surface area contributed by atoms with Crippen LogP contribution in [0.3, 0.4) is 0 Å². The minimum atomic E-state index is 0.197. The molecule has 6 aliphatic rings. The average Bonchev–Trinajstić information content (AvgIpc) is 3.20. The van der Waals surface area contributed by atoms with E-state index in [0.29, 0.717) is 36.1 Å². The van der Waals surface area contributed by atoms with Crippen molar-refractivity contribution in [2.45, 2.75) is 55.8 Å². The molecular weight excluding hydrogens is 364 g/mol. The van der Waals surface area contributed by atoms with Gasteiger partial charge in [-0.05, 0) is 50.3 Å². The summed E-state index contributed by atoms with van der Waals surface area (Å²) in [5, 5.41) is 0. The number of benzene rings is 1. The van der Waals surface area contributed by atoms with Gasteiger partial charge in [0.1, 0.15) is 0 Å². The first-order chi connectivity index (χ1) is 14.2. The molecule has 1 saturated carbocycles. The minimum absolute atomic E-state index is 0.197. The van der Waals surface area contributed by atoms with Crippen LogP contribution in [-0.2, 0) is 10.2 Å². The standard InChI is InChI=1S/C24H30N2O3/c1-13-8-20-22-15-9-21-24(5-6-25(21)12-14(15)4-7-29-20)16-10-18(27-2)19(28-3)11-17(16)26(13)23(22)24/h4,10-11,13,15,20-23H,5-9,12H2,1-3H3/t13-,15+,20-,21+,22-,23+,24+/m0/s1. The van der Waals surface area contributed by atoms with Crippen LogP contribution in [0.25, 0.3) is 0 Å². The lowest BCUT2D eigenvalue weighted by Gasteiger charge is -2.60. The minimum Gasteiger partial charge on any atom is -0.493 e. The Kier molecular flexibility index (Phi) is 3.22. The Morgan fingerprint density at radius 3 is 2.79 bits per heavy atom. The van der Waals surface area contributed by atoms with Crippen LogP contribution >= 0.6 is 0 Å². The Balaban J connectivity index is 1.51. The molecule has 7 rings (SSSR count). The van der Waals surface area contributed by atoms with E-state index in [4.69, 9.17) is 14.2 Å². The Hall–Kier alpha value is -1.72. The zero-order valence-electron chi connectivity index (χ0n) is 17.6. The van der Waals surface area contributed by atoms with Crippen LogP contribution in [0.1, 0.15) is 31.7 Å². The lowest BCUT2D eigenvalue weighted by atomic mass is 9.53. The highest BCUT2D eigenvalue weighted by molar-refractivity contribution is 5.73. The van der Waals surface area contributed by atoms with E-state index in [-0.39, 0.29) is 5.41 Å². The van der Waals surface area contributed by atoms with Gasteiger partial charge in [-0.2, -0.15) is 0 Å². The first-order valence-electron chi connectivity index (χ1n) is 11.3. The van der Waals surface area contributed by atoms with Crippen LogP contribution in [0.5, 0.6) is 11.5 Å². The molecule has 7 atom stereocenters. The summed E-state index contributed by atoms with van der Waals surface area (Å²) in [5.74, 6) is 3.01. The van der Waals surface area contributed by atoms with E-state index in [1.54, 1.807) is 19.8 Å². The van der Waals surface area contributed by atoms with E-state index in [9.17, 15) is 0 Å². The zero-order valence-corrected chi connectivity index (χ0v) is 17.6. The number of nitrogens with zero attached hydrogens (tertiary/aromatic N) is 2. The number of rotatable bonds is 2. The molecule has 1 spiro atoms. The lowest BCUT2D eigenvalue weighted by Crippen LogP contribution is -2.69. The average molecular weight is 395 g/mol. The van der Waals surface area contributed by atoms with Crippen LogP contribution in [0.4, 0.5) is 5.69 Å². The number of hydrogen-bond donors (Lipinski definition) is 0. The van der Waals surface area contributed by atoms with Gasteiger partial charge in [0, 0.05) is 47.8 Å². The topological polar surface area (TPSA) is 34.2 Å². The first kappa shape index (κ1) is 17.0. The highest BCUT2D eigenvalue weighted by atomic mass is 16.5. The second kappa shape index (κ2) is 5.50. The molecule has 0 radical (unpaired) electrons. The second-order valence-electron chi connectivity index (χ2n) is 10.0. The van der Waals surface area contributed by atoms with Gasteiger partial charge in [0.25, 0.3) is 0 Å². The van der Waals surface area contributed by atoms with Crippen molar-refractivity contribution in [1.29, 1.82) is 0 Å². The Labute approximate surface area is 172 Å². The number of piperidine rings is 2. The molecule has 0 unspecified atom stereocenters. The highest BCUT2D eigenvalue weighted by Gasteiger charge is 2.70. The summed E-state index contributed by atoms with van der Waals surface area (Å²) in [7, 11) is 3.51. The van der Waals surface area contributed by atoms with Crippen LogP contribution < -0.4 is 14.4 Å². The maximum absolute atomic E-state index is 6.51. The number of hydrogen-bond acceptors (Lipinski definition) is 5. The van der Waals surface area contributed by atoms with Gasteiger partial charge in [-0.25, -0.2) is 0 Å². The third-order valence-corrected chi connectivity index (χ3v) is 9.26. The number of ether oxygens (including phenoxy) is 3. The first-order valence-corrected chi connectivity index (χ1v) is 11.3. The summed E-state index contributed by atoms with van der Waals surface area (Å²) in [6, 6.07) is 6.22. The highest BCUT2D eigenvalue weighted by Crippen LogP contribution is 2.67. The second-order valence-corrected chi connectivity index (χ2v) is 10.0. The van der Waals surface area contributed by atoms with Crippen LogP contribution in [0, 0.1) is 11.8 Å². The van der Waals surface area contributed by atoms with Gasteiger partial charge in [0.05, 0.1) is 26.9 Å². The van der Waals surface area contributed by atoms with E-state index in [1.807, 2.05) is 0 Å². The van der Waals surface area contributed by atoms with Crippen molar-refractivity contribution < 1.29 is 14.2 Å². The van der Waals surface area contributed by atoms with Crippen molar-refractivity contribution in [3.63, 3.8) is 0 Å². The molecular formula is C24H30N2O3. The maximum atomic E-state index is 6.51. The fraction of sp³-hybridized carbons (Fsp3) is 0.667. The third kappa shape index (κ3) is 1.82. The van der Waals surface area contributed by atoms with Crippen LogP contribution in [0.15, 0.2) is 23.8 Å². The predicted molar refractivity (Wildman–Crippen MR) is 111 cm³/mol. The Bertz CT molecular complexity index is 929. The maximum Gasteiger partial charge on any atom is 0.162 e. The molecule has 1 aromatic carbocycles. The van der Waals surface area contributed by atoms with Gasteiger partial charge in [0.15, 0.2) is 11.5 Å². The molecule has 3 saturated heterocycles. The van der Waals surface area contributed by atoms with E-state index >= 15 is 0 Å². The number of anilines is 1. The SMILES string of the molecule is COc1cc2c(cc1OC)[C@@]13CCN4CC5=CCO[C@H]6C[C@H](C)N2[C@@H]1[C@H]6[C@@H]5C[C@@H]43. The monoisotopic (exact) mass is 394 g/mol. The van der Waals surface area contributed by atoms with Crippen molar-refractivity contribution in [2.24, 2.45) is 11.8 Å². The van der Waals surface area contributed by atoms with E-state index in [1.165, 1.54) is 30.6 Å². The molecule has 1 aromatic rings. The summed E-state index contributed by atoms with van der Waals surface area (Å²) >= 11 is 0. The molecule has 29 heavy (non-hydrogen) atoms. The van der Waals surface area contributed by atoms with Crippen molar-refractivity contribution >= 4 is 5.69 Å². The smallest absolute Gasteiger partial charge is 0.162 e. The fourth-order valence-electron chi connectivity index (χ4n) is 8.35. The molecule has 5 heteroatoms. The summed E-state index contributed by atoms with van der Waals surface area (Å²) in [4.78, 5) is 5.56. The molecule has 5 nitrogen and oxygen atoms in total. The molecule has 0 N–H and O–H groups in total. The molecule has 1 aliphatic carbocycles. The van der Waals surface area contributed by atoms with Crippen LogP contribution in [0.2, 0.25) is 0 Å². The zero-order chi connectivity index (χ0) is 19.5. The van der Waals surface area contributed by atoms with Gasteiger partial charge < -0.3 is 19.1 Å². The molecule has 0 amide bonds. The molecule has 4 fully saturated rings. The normalized spacial score (nSPS) is 43.6. The Morgan fingerprint density at radius 2 is 1.97 bits per heavy atom. The third-order valence-electron chi connectivity index (χ3n) is 9.26. The quantitative estimate of drug-likeness (QED) is 0.721. The van der Waals surface area contributed by atoms with E-state index < -0.39 is 0 Å². The predicted octanol–water partition coefficient (Wildman–Crippen LogP) is 2.97. The number of methoxy groups -OCH3 is 2. The summed E-state index contributed by atoms with van der Waals surface area (Å²) in [6.45, 7) is 5.55. The van der Waals surface area contributed by atoms with E-state index in [0.717, 1.165) is 31.1 Å². The molecule has 2 bridgehead atoms. The van der Waals surface area contributed by atoms with E-state index in [2.05, 4.69) is 34.9 Å². The van der Waals surface area contributed by atoms with Gasteiger partial charge in [-0.3, -0.25) is 4.90 Å². The summed E-state index contributed by atoms with van der Waals surface area (Å²) in [6.07, 6.45) is 6.47. The van der Waals surface area contributed by atoms with Gasteiger partial charge >= 0.3 is 0 Å². The van der Waals surface area contributed by atoms with Crippen molar-refractivity contribution in [3.05, 3.63) is 29.3 Å². The fourth-order valence-corrected chi connectivity index (χ4v) is 8.35. The molecule has 0 aromatic heterocycles. The Morgan fingerprint density at radius 1 is 1.14 bits per heavy atom. The van der Waals surface area contributed by atoms with Crippen LogP contribution in [-0.4, -0.2) is 63.0 Å². The van der Waals surface area contributed by atoms with Gasteiger partial charge in [-0.15, -0.1) is 0 Å². The van der Waals surface area contributed by atoms with Crippen molar-refractivity contribution in [3.8, 4) is 11.5 Å². The van der Waals surface area contributed by atoms with Crippen molar-refractivity contribution in [2.75, 3.05) is 38.8 Å². The van der Waals surface area contributed by atoms with Gasteiger partial charge in [0.2, 0.25) is 0 Å². The van der Waals surface area contributed by atoms with Crippen molar-refractivity contribution in [1.82, 2.24) is 4.90 Å².